The molecule has 22 heavy (non-hydrogen) atoms. The first-order valence-corrected chi connectivity index (χ1v) is 8.06. The molecule has 0 aliphatic heterocycles. The zero-order chi connectivity index (χ0) is 14.9. The maximum Gasteiger partial charge on any atom is 0.165 e. The molecule has 1 aromatic carbocycles. The van der Waals surface area contributed by atoms with E-state index in [9.17, 15) is 5.26 Å². The van der Waals surface area contributed by atoms with E-state index in [1.165, 1.54) is 36.1 Å². The van der Waals surface area contributed by atoms with Crippen LogP contribution < -0.4 is 0 Å². The third-order valence-corrected chi connectivity index (χ3v) is 4.94. The van der Waals surface area contributed by atoms with Gasteiger partial charge in [0.05, 0.1) is 6.54 Å². The van der Waals surface area contributed by atoms with Crippen LogP contribution in [0.1, 0.15) is 41.8 Å². The summed E-state index contributed by atoms with van der Waals surface area (Å²) < 4.78 is 2.05. The molecule has 0 fully saturated rings. The SMILES string of the molecule is N#Cc1nn(Cc2ccccc2)c2c1CC(C1=CCCC1)C2. The molecule has 110 valence electrons. The molecule has 0 N–H and O–H groups in total. The van der Waals surface area contributed by atoms with E-state index in [-0.39, 0.29) is 0 Å². The second-order valence-corrected chi connectivity index (χ2v) is 6.31. The fourth-order valence-electron chi connectivity index (χ4n) is 3.83. The molecule has 2 aliphatic rings. The predicted molar refractivity (Wildman–Crippen MR) is 85.3 cm³/mol. The molecule has 0 spiro atoms. The topological polar surface area (TPSA) is 41.6 Å². The molecule has 1 unspecified atom stereocenters. The van der Waals surface area contributed by atoms with Crippen molar-refractivity contribution in [2.75, 3.05) is 0 Å². The van der Waals surface area contributed by atoms with Crippen LogP contribution in [0.2, 0.25) is 0 Å². The van der Waals surface area contributed by atoms with Gasteiger partial charge >= 0.3 is 0 Å². The number of hydrogen-bond acceptors (Lipinski definition) is 2. The third-order valence-electron chi connectivity index (χ3n) is 4.94. The first-order valence-electron chi connectivity index (χ1n) is 8.06. The Labute approximate surface area is 130 Å². The highest BCUT2D eigenvalue weighted by molar-refractivity contribution is 5.41. The summed E-state index contributed by atoms with van der Waals surface area (Å²) in [4.78, 5) is 0. The number of aromatic nitrogens is 2. The minimum Gasteiger partial charge on any atom is -0.264 e. The van der Waals surface area contributed by atoms with Crippen LogP contribution in [0.15, 0.2) is 42.0 Å². The van der Waals surface area contributed by atoms with Gasteiger partial charge in [-0.2, -0.15) is 10.4 Å². The Kier molecular flexibility index (Phi) is 3.31. The van der Waals surface area contributed by atoms with Crippen LogP contribution >= 0.6 is 0 Å². The van der Waals surface area contributed by atoms with Gasteiger partial charge in [-0.3, -0.25) is 4.68 Å². The van der Waals surface area contributed by atoms with Gasteiger partial charge in [0.1, 0.15) is 6.07 Å². The zero-order valence-corrected chi connectivity index (χ0v) is 12.6. The molecule has 0 bridgehead atoms. The summed E-state index contributed by atoms with van der Waals surface area (Å²) in [6.45, 7) is 0.761. The first kappa shape index (κ1) is 13.3. The molecule has 4 rings (SSSR count). The average Bonchev–Trinajstić information content (AvgIpc) is 3.25. The molecular formula is C19H19N3. The summed E-state index contributed by atoms with van der Waals surface area (Å²) in [6.07, 6.45) is 8.22. The van der Waals surface area contributed by atoms with E-state index < -0.39 is 0 Å². The number of fused-ring (bicyclic) bond motifs is 1. The van der Waals surface area contributed by atoms with Gasteiger partial charge in [0.25, 0.3) is 0 Å². The van der Waals surface area contributed by atoms with Gasteiger partial charge in [0, 0.05) is 11.3 Å². The zero-order valence-electron chi connectivity index (χ0n) is 12.6. The Morgan fingerprint density at radius 1 is 1.23 bits per heavy atom. The van der Waals surface area contributed by atoms with Gasteiger partial charge < -0.3 is 0 Å². The van der Waals surface area contributed by atoms with Crippen molar-refractivity contribution in [3.63, 3.8) is 0 Å². The van der Waals surface area contributed by atoms with E-state index in [2.05, 4.69) is 46.2 Å². The molecule has 0 amide bonds. The quantitative estimate of drug-likeness (QED) is 0.810. The van der Waals surface area contributed by atoms with Crippen molar-refractivity contribution < 1.29 is 0 Å². The predicted octanol–water partition coefficient (Wildman–Crippen LogP) is 3.63. The summed E-state index contributed by atoms with van der Waals surface area (Å²) >= 11 is 0. The number of nitriles is 1. The van der Waals surface area contributed by atoms with Gasteiger partial charge in [0.2, 0.25) is 0 Å². The number of rotatable bonds is 3. The van der Waals surface area contributed by atoms with Gasteiger partial charge in [-0.15, -0.1) is 0 Å². The number of allylic oxidation sites excluding steroid dienone is 2. The molecule has 0 saturated carbocycles. The van der Waals surface area contributed by atoms with Crippen LogP contribution in [0.25, 0.3) is 0 Å². The van der Waals surface area contributed by atoms with E-state index in [0.29, 0.717) is 11.6 Å². The molecule has 1 aromatic heterocycles. The monoisotopic (exact) mass is 289 g/mol. The molecule has 0 radical (unpaired) electrons. The lowest BCUT2D eigenvalue weighted by molar-refractivity contribution is 0.580. The van der Waals surface area contributed by atoms with Gasteiger partial charge in [-0.1, -0.05) is 42.0 Å². The summed E-state index contributed by atoms with van der Waals surface area (Å²) in [7, 11) is 0. The molecule has 2 aliphatic carbocycles. The van der Waals surface area contributed by atoms with Crippen LogP contribution in [0, 0.1) is 17.2 Å². The number of benzene rings is 1. The van der Waals surface area contributed by atoms with Crippen LogP contribution in [-0.2, 0) is 19.4 Å². The van der Waals surface area contributed by atoms with E-state index in [4.69, 9.17) is 0 Å². The Morgan fingerprint density at radius 3 is 2.82 bits per heavy atom. The van der Waals surface area contributed by atoms with Crippen LogP contribution in [0.5, 0.6) is 0 Å². The summed E-state index contributed by atoms with van der Waals surface area (Å²) in [5.41, 5.74) is 5.94. The van der Waals surface area contributed by atoms with Gasteiger partial charge in [-0.05, 0) is 43.6 Å². The fourth-order valence-corrected chi connectivity index (χ4v) is 3.83. The highest BCUT2D eigenvalue weighted by Crippen LogP contribution is 2.37. The Morgan fingerprint density at radius 2 is 2.09 bits per heavy atom. The Bertz CT molecular complexity index is 762. The summed E-state index contributed by atoms with van der Waals surface area (Å²) in [5.74, 6) is 0.602. The van der Waals surface area contributed by atoms with E-state index >= 15 is 0 Å². The summed E-state index contributed by atoms with van der Waals surface area (Å²) in [5, 5.41) is 13.9. The first-order chi connectivity index (χ1) is 10.8. The molecule has 1 heterocycles. The molecule has 0 saturated heterocycles. The maximum atomic E-state index is 9.39. The lowest BCUT2D eigenvalue weighted by Gasteiger charge is -2.12. The van der Waals surface area contributed by atoms with Crippen LogP contribution in [0.3, 0.4) is 0 Å². The molecule has 3 nitrogen and oxygen atoms in total. The lowest BCUT2D eigenvalue weighted by Crippen LogP contribution is -2.09. The second kappa shape index (κ2) is 5.46. The highest BCUT2D eigenvalue weighted by Gasteiger charge is 2.31. The maximum absolute atomic E-state index is 9.39. The van der Waals surface area contributed by atoms with Crippen molar-refractivity contribution in [1.29, 1.82) is 5.26 Å². The second-order valence-electron chi connectivity index (χ2n) is 6.31. The van der Waals surface area contributed by atoms with Crippen molar-refractivity contribution in [2.45, 2.75) is 38.6 Å². The molecule has 2 aromatic rings. The van der Waals surface area contributed by atoms with Crippen molar-refractivity contribution in [2.24, 2.45) is 5.92 Å². The van der Waals surface area contributed by atoms with Crippen molar-refractivity contribution in [1.82, 2.24) is 9.78 Å². The smallest absolute Gasteiger partial charge is 0.165 e. The third kappa shape index (κ3) is 2.25. The van der Waals surface area contributed by atoms with E-state index in [0.717, 1.165) is 19.4 Å². The van der Waals surface area contributed by atoms with E-state index in [1.807, 2.05) is 6.07 Å². The normalized spacial score (nSPS) is 19.8. The van der Waals surface area contributed by atoms with Gasteiger partial charge in [-0.25, -0.2) is 0 Å². The minimum absolute atomic E-state index is 0.602. The Hall–Kier alpha value is -2.34. The standard InChI is InChI=1S/C19H19N3/c20-12-18-17-10-16(15-8-4-5-9-15)11-19(17)22(21-18)13-14-6-2-1-3-7-14/h1-3,6-8,16H,4-5,9-11,13H2. The molecular weight excluding hydrogens is 270 g/mol. The van der Waals surface area contributed by atoms with Gasteiger partial charge in [0.15, 0.2) is 5.69 Å². The van der Waals surface area contributed by atoms with E-state index in [1.54, 1.807) is 5.57 Å². The Balaban J connectivity index is 1.64. The molecule has 1 atom stereocenters. The average molecular weight is 289 g/mol. The van der Waals surface area contributed by atoms with Crippen molar-refractivity contribution in [3.05, 3.63) is 64.5 Å². The number of nitrogens with zero attached hydrogens (tertiary/aromatic N) is 3. The van der Waals surface area contributed by atoms with Crippen molar-refractivity contribution >= 4 is 0 Å². The lowest BCUT2D eigenvalue weighted by atomic mass is 9.95. The number of hydrogen-bond donors (Lipinski definition) is 0. The molecule has 3 heteroatoms. The summed E-state index contributed by atoms with van der Waals surface area (Å²) in [6, 6.07) is 12.7. The largest absolute Gasteiger partial charge is 0.264 e. The van der Waals surface area contributed by atoms with Crippen molar-refractivity contribution in [3.8, 4) is 6.07 Å². The fraction of sp³-hybridized carbons (Fsp3) is 0.368. The highest BCUT2D eigenvalue weighted by atomic mass is 15.3. The van der Waals surface area contributed by atoms with Crippen LogP contribution in [0.4, 0.5) is 0 Å². The van der Waals surface area contributed by atoms with Crippen LogP contribution in [-0.4, -0.2) is 9.78 Å². The minimum atomic E-state index is 0.602.